The number of nitrogens with zero attached hydrogens (tertiary/aromatic N) is 5. The zero-order valence-corrected chi connectivity index (χ0v) is 15.9. The zero-order chi connectivity index (χ0) is 14.8. The molecule has 6 nitrogen and oxygen atoms in total. The van der Waals surface area contributed by atoms with Crippen LogP contribution in [0.4, 0.5) is 0 Å². The second kappa shape index (κ2) is 7.61. The molecule has 2 N–H and O–H groups in total. The van der Waals surface area contributed by atoms with Gasteiger partial charge in [0, 0.05) is 32.6 Å². The van der Waals surface area contributed by atoms with Gasteiger partial charge in [0.1, 0.15) is 11.6 Å². The number of aliphatic imine (C=N–C) groups is 1. The average Bonchev–Trinajstić information content (AvgIpc) is 2.86. The molecular weight excluding hydrogens is 391 g/mol. The smallest absolute Gasteiger partial charge is 0.191 e. The van der Waals surface area contributed by atoms with Crippen LogP contribution < -0.4 is 5.73 Å². The molecule has 0 radical (unpaired) electrons. The molecule has 2 unspecified atom stereocenters. The number of piperidine rings is 1. The lowest BCUT2D eigenvalue weighted by atomic mass is 9.99. The van der Waals surface area contributed by atoms with Crippen molar-refractivity contribution >= 4 is 29.9 Å². The van der Waals surface area contributed by atoms with E-state index in [1.807, 2.05) is 6.92 Å². The van der Waals surface area contributed by atoms with Crippen LogP contribution in [0.1, 0.15) is 37.8 Å². The van der Waals surface area contributed by atoms with Gasteiger partial charge in [0.2, 0.25) is 0 Å². The summed E-state index contributed by atoms with van der Waals surface area (Å²) in [5.41, 5.74) is 6.18. The van der Waals surface area contributed by atoms with Crippen molar-refractivity contribution in [1.82, 2.24) is 19.7 Å². The first-order valence-corrected chi connectivity index (χ1v) is 8.07. The molecule has 0 amide bonds. The lowest BCUT2D eigenvalue weighted by molar-refractivity contribution is 0.269. The maximum absolute atomic E-state index is 6.18. The summed E-state index contributed by atoms with van der Waals surface area (Å²) in [4.78, 5) is 6.90. The highest BCUT2D eigenvalue weighted by molar-refractivity contribution is 14.0. The fourth-order valence-corrected chi connectivity index (χ4v) is 3.40. The van der Waals surface area contributed by atoms with E-state index >= 15 is 0 Å². The summed E-state index contributed by atoms with van der Waals surface area (Å²) < 4.78 is 2.23. The van der Waals surface area contributed by atoms with Crippen molar-refractivity contribution < 1.29 is 0 Å². The Hall–Kier alpha value is -0.860. The number of halogens is 1. The zero-order valence-electron chi connectivity index (χ0n) is 13.5. The van der Waals surface area contributed by atoms with Gasteiger partial charge in [-0.15, -0.1) is 34.2 Å². The third kappa shape index (κ3) is 3.91. The average molecular weight is 418 g/mol. The summed E-state index contributed by atoms with van der Waals surface area (Å²) >= 11 is 0. The second-order valence-corrected chi connectivity index (χ2v) is 6.57. The Morgan fingerprint density at radius 3 is 2.91 bits per heavy atom. The summed E-state index contributed by atoms with van der Waals surface area (Å²) in [7, 11) is 0. The summed E-state index contributed by atoms with van der Waals surface area (Å²) in [6.07, 6.45) is 4.67. The van der Waals surface area contributed by atoms with Crippen LogP contribution in [0.3, 0.4) is 0 Å². The number of fused-ring (bicyclic) bond motifs is 1. The molecule has 0 bridgehead atoms. The van der Waals surface area contributed by atoms with E-state index in [2.05, 4.69) is 31.6 Å². The fraction of sp³-hybridized carbons (Fsp3) is 0.800. The van der Waals surface area contributed by atoms with E-state index in [1.165, 1.54) is 12.8 Å². The molecule has 2 aliphatic heterocycles. The Labute approximate surface area is 149 Å². The van der Waals surface area contributed by atoms with E-state index in [0.29, 0.717) is 5.92 Å². The molecule has 3 heterocycles. The van der Waals surface area contributed by atoms with E-state index in [0.717, 1.165) is 62.5 Å². The van der Waals surface area contributed by atoms with Gasteiger partial charge in [0.25, 0.3) is 0 Å². The van der Waals surface area contributed by atoms with E-state index in [4.69, 9.17) is 5.73 Å². The Morgan fingerprint density at radius 1 is 1.32 bits per heavy atom. The quantitative estimate of drug-likeness (QED) is 0.452. The minimum Gasteiger partial charge on any atom is -0.370 e. The minimum atomic E-state index is 0. The van der Waals surface area contributed by atoms with Gasteiger partial charge in [0.15, 0.2) is 5.96 Å². The number of nitrogens with two attached hydrogens (primary N) is 1. The predicted octanol–water partition coefficient (Wildman–Crippen LogP) is 1.81. The summed E-state index contributed by atoms with van der Waals surface area (Å²) in [6.45, 7) is 8.20. The topological polar surface area (TPSA) is 72.3 Å². The van der Waals surface area contributed by atoms with Crippen molar-refractivity contribution in [3.63, 3.8) is 0 Å². The van der Waals surface area contributed by atoms with Gasteiger partial charge in [-0.3, -0.25) is 4.99 Å². The molecule has 1 aromatic heterocycles. The molecule has 1 aromatic rings. The van der Waals surface area contributed by atoms with Gasteiger partial charge in [-0.2, -0.15) is 0 Å². The lowest BCUT2D eigenvalue weighted by Gasteiger charge is -2.32. The number of hydrogen-bond acceptors (Lipinski definition) is 3. The molecule has 0 saturated carbocycles. The van der Waals surface area contributed by atoms with Crippen LogP contribution in [0.2, 0.25) is 0 Å². The molecule has 22 heavy (non-hydrogen) atoms. The van der Waals surface area contributed by atoms with Crippen LogP contribution in [0.15, 0.2) is 4.99 Å². The SMILES string of the molecule is Cc1nnc2n1CC(CN=C(N)N1CCCC(C)C1)CC2.I. The Balaban J connectivity index is 0.00000176. The third-order valence-electron chi connectivity index (χ3n) is 4.72. The number of guanidine groups is 1. The highest BCUT2D eigenvalue weighted by atomic mass is 127. The lowest BCUT2D eigenvalue weighted by Crippen LogP contribution is -2.43. The van der Waals surface area contributed by atoms with Crippen molar-refractivity contribution in [2.45, 2.75) is 46.1 Å². The summed E-state index contributed by atoms with van der Waals surface area (Å²) in [5, 5.41) is 8.37. The molecule has 0 aliphatic carbocycles. The predicted molar refractivity (Wildman–Crippen MR) is 98.4 cm³/mol. The van der Waals surface area contributed by atoms with Crippen LogP contribution in [0.5, 0.6) is 0 Å². The normalized spacial score (nSPS) is 25.5. The highest BCUT2D eigenvalue weighted by Gasteiger charge is 2.22. The van der Waals surface area contributed by atoms with Crippen LogP contribution in [-0.2, 0) is 13.0 Å². The van der Waals surface area contributed by atoms with Crippen LogP contribution >= 0.6 is 24.0 Å². The third-order valence-corrected chi connectivity index (χ3v) is 4.72. The summed E-state index contributed by atoms with van der Waals surface area (Å²) in [5.74, 6) is 4.13. The number of likely N-dealkylation sites (tertiary alicyclic amines) is 1. The summed E-state index contributed by atoms with van der Waals surface area (Å²) in [6, 6.07) is 0. The Kier molecular flexibility index (Phi) is 6.05. The standard InChI is InChI=1S/C15H26N6.HI/c1-11-4-3-7-20(9-11)15(16)17-8-13-5-6-14-19-18-12(2)21(14)10-13;/h11,13H,3-10H2,1-2H3,(H2,16,17);1H. The molecule has 1 saturated heterocycles. The monoisotopic (exact) mass is 418 g/mol. The van der Waals surface area contributed by atoms with Gasteiger partial charge in [0.05, 0.1) is 0 Å². The van der Waals surface area contributed by atoms with E-state index in [-0.39, 0.29) is 24.0 Å². The van der Waals surface area contributed by atoms with Crippen molar-refractivity contribution in [2.75, 3.05) is 19.6 Å². The highest BCUT2D eigenvalue weighted by Crippen LogP contribution is 2.20. The number of aryl methyl sites for hydroxylation is 2. The van der Waals surface area contributed by atoms with Crippen molar-refractivity contribution in [1.29, 1.82) is 0 Å². The molecule has 2 aliphatic rings. The fourth-order valence-electron chi connectivity index (χ4n) is 3.40. The maximum Gasteiger partial charge on any atom is 0.191 e. The van der Waals surface area contributed by atoms with Gasteiger partial charge in [-0.05, 0) is 38.0 Å². The van der Waals surface area contributed by atoms with Crippen molar-refractivity contribution in [2.24, 2.45) is 22.6 Å². The van der Waals surface area contributed by atoms with E-state index < -0.39 is 0 Å². The number of hydrogen-bond donors (Lipinski definition) is 1. The van der Waals surface area contributed by atoms with Gasteiger partial charge in [-0.1, -0.05) is 6.92 Å². The molecule has 2 atom stereocenters. The Morgan fingerprint density at radius 2 is 2.14 bits per heavy atom. The second-order valence-electron chi connectivity index (χ2n) is 6.57. The molecule has 1 fully saturated rings. The largest absolute Gasteiger partial charge is 0.370 e. The van der Waals surface area contributed by atoms with Crippen LogP contribution in [0, 0.1) is 18.8 Å². The molecule has 124 valence electrons. The molecule has 7 heteroatoms. The Bertz CT molecular complexity index is 526. The minimum absolute atomic E-state index is 0. The van der Waals surface area contributed by atoms with Gasteiger partial charge < -0.3 is 15.2 Å². The molecule has 0 aromatic carbocycles. The molecular formula is C15H27IN6. The van der Waals surface area contributed by atoms with Gasteiger partial charge in [-0.25, -0.2) is 0 Å². The van der Waals surface area contributed by atoms with E-state index in [1.54, 1.807) is 0 Å². The maximum atomic E-state index is 6.18. The first-order chi connectivity index (χ1) is 10.1. The van der Waals surface area contributed by atoms with E-state index in [9.17, 15) is 0 Å². The number of aromatic nitrogens is 3. The van der Waals surface area contributed by atoms with Crippen LogP contribution in [0.25, 0.3) is 0 Å². The first-order valence-electron chi connectivity index (χ1n) is 8.07. The van der Waals surface area contributed by atoms with Crippen molar-refractivity contribution in [3.8, 4) is 0 Å². The van der Waals surface area contributed by atoms with Crippen molar-refractivity contribution in [3.05, 3.63) is 11.6 Å². The number of rotatable bonds is 2. The van der Waals surface area contributed by atoms with Crippen LogP contribution in [-0.4, -0.2) is 45.3 Å². The van der Waals surface area contributed by atoms with Gasteiger partial charge >= 0.3 is 0 Å². The molecule has 3 rings (SSSR count). The first kappa shape index (κ1) is 17.5. The molecule has 0 spiro atoms.